The molecule has 0 bridgehead atoms. The van der Waals surface area contributed by atoms with E-state index < -0.39 is 0 Å². The maximum Gasteiger partial charge on any atom is 0.305 e. The van der Waals surface area contributed by atoms with Crippen LogP contribution in [0.5, 0.6) is 0 Å². The van der Waals surface area contributed by atoms with E-state index in [0.29, 0.717) is 35.2 Å². The molecule has 0 radical (unpaired) electrons. The summed E-state index contributed by atoms with van der Waals surface area (Å²) in [6.07, 6.45) is 3.48. The van der Waals surface area contributed by atoms with E-state index in [-0.39, 0.29) is 24.6 Å². The van der Waals surface area contributed by atoms with Gasteiger partial charge in [0.15, 0.2) is 5.78 Å². The molecule has 0 atom stereocenters. The predicted octanol–water partition coefficient (Wildman–Crippen LogP) is 6.55. The number of benzene rings is 2. The van der Waals surface area contributed by atoms with Crippen molar-refractivity contribution in [2.45, 2.75) is 45.1 Å². The molecule has 0 aliphatic heterocycles. The second-order valence-corrected chi connectivity index (χ2v) is 8.91. The van der Waals surface area contributed by atoms with Crippen LogP contribution in [0.3, 0.4) is 0 Å². The Morgan fingerprint density at radius 1 is 0.970 bits per heavy atom. The van der Waals surface area contributed by atoms with Crippen LogP contribution >= 0.6 is 23.2 Å². The number of esters is 1. The average molecular weight is 490 g/mol. The number of methoxy groups -OCH3 is 1. The first kappa shape index (κ1) is 25.3. The van der Waals surface area contributed by atoms with Crippen LogP contribution in [0.1, 0.15) is 53.7 Å². The fraction of sp³-hybridized carbons (Fsp3) is 0.385. The number of nitrogens with zero attached hydrogens (tertiary/aromatic N) is 1. The molecule has 1 aromatic heterocycles. The number of fused-ring (bicyclic) bond motifs is 1. The van der Waals surface area contributed by atoms with E-state index in [1.54, 1.807) is 0 Å². The van der Waals surface area contributed by atoms with Gasteiger partial charge in [-0.3, -0.25) is 9.59 Å². The van der Waals surface area contributed by atoms with Crippen molar-refractivity contribution in [1.82, 2.24) is 4.57 Å². The first-order valence-electron chi connectivity index (χ1n) is 11.1. The number of rotatable bonds is 12. The van der Waals surface area contributed by atoms with E-state index >= 15 is 0 Å². The summed E-state index contributed by atoms with van der Waals surface area (Å²) in [4.78, 5) is 24.6. The summed E-state index contributed by atoms with van der Waals surface area (Å²) in [6.45, 7) is 1.15. The Balaban J connectivity index is 1.64. The fourth-order valence-corrected chi connectivity index (χ4v) is 4.39. The van der Waals surface area contributed by atoms with Gasteiger partial charge in [0.1, 0.15) is 0 Å². The number of Topliss-reactive ketones (excluding diaryl/α,β-unsaturated/α-hetero) is 1. The van der Waals surface area contributed by atoms with Crippen molar-refractivity contribution in [2.75, 3.05) is 13.7 Å². The van der Waals surface area contributed by atoms with Crippen molar-refractivity contribution in [3.63, 3.8) is 0 Å². The molecule has 0 N–H and O–H groups in total. The summed E-state index contributed by atoms with van der Waals surface area (Å²) >= 11 is 12.2. The number of ether oxygens (including phenoxy) is 2. The Labute approximate surface area is 204 Å². The van der Waals surface area contributed by atoms with Gasteiger partial charge in [0.05, 0.1) is 13.7 Å². The van der Waals surface area contributed by atoms with Crippen LogP contribution < -0.4 is 0 Å². The zero-order chi connectivity index (χ0) is 23.8. The molecule has 3 rings (SSSR count). The predicted molar refractivity (Wildman–Crippen MR) is 132 cm³/mol. The number of halogens is 2. The second-order valence-electron chi connectivity index (χ2n) is 8.03. The van der Waals surface area contributed by atoms with Gasteiger partial charge in [-0.25, -0.2) is 0 Å². The third-order valence-electron chi connectivity index (χ3n) is 5.68. The number of carbonyl (C=O) groups is 2. The minimum atomic E-state index is -0.304. The number of carbonyl (C=O) groups excluding carboxylic acids is 2. The average Bonchev–Trinajstić information content (AvgIpc) is 3.06. The van der Waals surface area contributed by atoms with Crippen molar-refractivity contribution in [2.24, 2.45) is 7.05 Å². The molecule has 0 aliphatic rings. The molecule has 0 fully saturated rings. The summed E-state index contributed by atoms with van der Waals surface area (Å²) in [5, 5.41) is 2.16. The minimum Gasteiger partial charge on any atom is -0.469 e. The smallest absolute Gasteiger partial charge is 0.305 e. The quantitative estimate of drug-likeness (QED) is 0.164. The van der Waals surface area contributed by atoms with Gasteiger partial charge < -0.3 is 14.0 Å². The molecule has 176 valence electrons. The van der Waals surface area contributed by atoms with Crippen LogP contribution in [-0.2, 0) is 34.3 Å². The van der Waals surface area contributed by atoms with Crippen LogP contribution in [0, 0.1) is 0 Å². The number of hydrogen-bond donors (Lipinski definition) is 0. The molecule has 0 saturated heterocycles. The Morgan fingerprint density at radius 3 is 2.52 bits per heavy atom. The molecular weight excluding hydrogens is 461 g/mol. The van der Waals surface area contributed by atoms with E-state index in [9.17, 15) is 9.59 Å². The topological polar surface area (TPSA) is 57.5 Å². The number of unbranched alkanes of at least 4 members (excludes halogenated alkanes) is 1. The first-order valence-corrected chi connectivity index (χ1v) is 11.8. The van der Waals surface area contributed by atoms with Crippen molar-refractivity contribution in [3.8, 4) is 0 Å². The van der Waals surface area contributed by atoms with Crippen LogP contribution in [0.25, 0.3) is 10.9 Å². The molecule has 33 heavy (non-hydrogen) atoms. The summed E-state index contributed by atoms with van der Waals surface area (Å²) in [5.74, 6) is -0.277. The van der Waals surface area contributed by atoms with E-state index in [2.05, 4.69) is 9.30 Å². The Bertz CT molecular complexity index is 1120. The lowest BCUT2D eigenvalue weighted by atomic mass is 9.99. The summed E-state index contributed by atoms with van der Waals surface area (Å²) < 4.78 is 12.5. The molecule has 5 nitrogen and oxygen atoms in total. The molecule has 0 aliphatic carbocycles. The van der Waals surface area contributed by atoms with Gasteiger partial charge in [0.25, 0.3) is 0 Å². The lowest BCUT2D eigenvalue weighted by Crippen LogP contribution is -2.08. The summed E-state index contributed by atoms with van der Waals surface area (Å²) in [6, 6.07) is 13.3. The van der Waals surface area contributed by atoms with E-state index in [1.807, 2.05) is 49.5 Å². The Hall–Kier alpha value is -2.34. The van der Waals surface area contributed by atoms with Crippen LogP contribution in [0.2, 0.25) is 10.0 Å². The number of ketones is 1. The highest BCUT2D eigenvalue weighted by Crippen LogP contribution is 2.30. The van der Waals surface area contributed by atoms with Crippen LogP contribution in [0.15, 0.2) is 42.5 Å². The van der Waals surface area contributed by atoms with Gasteiger partial charge in [-0.1, -0.05) is 35.3 Å². The van der Waals surface area contributed by atoms with Crippen molar-refractivity contribution < 1.29 is 19.1 Å². The maximum absolute atomic E-state index is 13.1. The summed E-state index contributed by atoms with van der Waals surface area (Å²) in [5.41, 5.74) is 3.72. The van der Waals surface area contributed by atoms with Crippen molar-refractivity contribution in [1.29, 1.82) is 0 Å². The van der Waals surface area contributed by atoms with Crippen molar-refractivity contribution in [3.05, 3.63) is 69.3 Å². The Morgan fingerprint density at radius 2 is 1.76 bits per heavy atom. The SMILES string of the molecule is COC(=O)CCCC(=O)c1c(CCCCOCc2cccc(Cl)c2)n(C)c2ccc(Cl)cc12. The third kappa shape index (κ3) is 6.83. The second kappa shape index (κ2) is 12.2. The van der Waals surface area contributed by atoms with Crippen LogP contribution in [-0.4, -0.2) is 30.0 Å². The fourth-order valence-electron chi connectivity index (χ4n) is 4.01. The van der Waals surface area contributed by atoms with Gasteiger partial charge in [0.2, 0.25) is 0 Å². The van der Waals surface area contributed by atoms with Gasteiger partial charge >= 0.3 is 5.97 Å². The first-order chi connectivity index (χ1) is 15.9. The van der Waals surface area contributed by atoms with Crippen LogP contribution in [0.4, 0.5) is 0 Å². The van der Waals surface area contributed by atoms with Gasteiger partial charge in [-0.15, -0.1) is 0 Å². The highest BCUT2D eigenvalue weighted by atomic mass is 35.5. The van der Waals surface area contributed by atoms with E-state index in [4.69, 9.17) is 27.9 Å². The molecule has 0 unspecified atom stereocenters. The zero-order valence-electron chi connectivity index (χ0n) is 19.0. The number of aryl methyl sites for hydroxylation is 1. The largest absolute Gasteiger partial charge is 0.469 e. The molecule has 3 aromatic rings. The Kier molecular flexibility index (Phi) is 9.36. The third-order valence-corrected chi connectivity index (χ3v) is 6.15. The number of hydrogen-bond acceptors (Lipinski definition) is 4. The lowest BCUT2D eigenvalue weighted by molar-refractivity contribution is -0.140. The van der Waals surface area contributed by atoms with Gasteiger partial charge in [0, 0.05) is 58.7 Å². The molecule has 2 aromatic carbocycles. The standard InChI is InChI=1S/C26H29Cl2NO4/c1-29-22-13-12-20(28)16-21(22)26(24(30)10-6-11-25(31)32-2)23(29)9-3-4-14-33-17-18-7-5-8-19(27)15-18/h5,7-8,12-13,15-16H,3-4,6,9-11,14,17H2,1-2H3. The molecule has 1 heterocycles. The highest BCUT2D eigenvalue weighted by molar-refractivity contribution is 6.31. The molecule has 7 heteroatoms. The normalized spacial score (nSPS) is 11.2. The molecule has 0 spiro atoms. The molecule has 0 amide bonds. The van der Waals surface area contributed by atoms with Gasteiger partial charge in [-0.2, -0.15) is 0 Å². The monoisotopic (exact) mass is 489 g/mol. The zero-order valence-corrected chi connectivity index (χ0v) is 20.5. The summed E-state index contributed by atoms with van der Waals surface area (Å²) in [7, 11) is 3.33. The highest BCUT2D eigenvalue weighted by Gasteiger charge is 2.21. The lowest BCUT2D eigenvalue weighted by Gasteiger charge is -2.09. The molecule has 0 saturated carbocycles. The maximum atomic E-state index is 13.1. The van der Waals surface area contributed by atoms with E-state index in [1.165, 1.54) is 7.11 Å². The number of aromatic nitrogens is 1. The van der Waals surface area contributed by atoms with Gasteiger partial charge in [-0.05, 0) is 61.6 Å². The minimum absolute atomic E-state index is 0.0268. The molecular formula is C26H29Cl2NO4. The van der Waals surface area contributed by atoms with Crippen molar-refractivity contribution >= 4 is 45.9 Å². The van der Waals surface area contributed by atoms with E-state index in [0.717, 1.165) is 41.4 Å².